The Kier molecular flexibility index (Phi) is 4.72. The van der Waals surface area contributed by atoms with Crippen molar-refractivity contribution < 1.29 is 0 Å². The molecule has 3 nitrogen and oxygen atoms in total. The van der Waals surface area contributed by atoms with Crippen molar-refractivity contribution in [3.05, 3.63) is 30.1 Å². The number of likely N-dealkylation sites (tertiary alicyclic amines) is 1. The maximum absolute atomic E-state index is 6.33. The SMILES string of the molecule is CCC(N)C(c1ccccn1)N1CCC(C)CC1. The van der Waals surface area contributed by atoms with Crippen LogP contribution in [0.15, 0.2) is 24.4 Å². The van der Waals surface area contributed by atoms with Gasteiger partial charge < -0.3 is 5.73 Å². The maximum atomic E-state index is 6.33. The van der Waals surface area contributed by atoms with Crippen molar-refractivity contribution in [2.24, 2.45) is 11.7 Å². The van der Waals surface area contributed by atoms with Crippen LogP contribution < -0.4 is 5.73 Å². The third-order valence-corrected chi connectivity index (χ3v) is 4.08. The lowest BCUT2D eigenvalue weighted by molar-refractivity contribution is 0.116. The molecular weight excluding hydrogens is 222 g/mol. The number of aromatic nitrogens is 1. The Morgan fingerprint density at radius 3 is 2.67 bits per heavy atom. The van der Waals surface area contributed by atoms with Gasteiger partial charge in [-0.2, -0.15) is 0 Å². The van der Waals surface area contributed by atoms with E-state index in [1.807, 2.05) is 12.3 Å². The van der Waals surface area contributed by atoms with Crippen LogP contribution >= 0.6 is 0 Å². The van der Waals surface area contributed by atoms with Crippen molar-refractivity contribution in [3.63, 3.8) is 0 Å². The van der Waals surface area contributed by atoms with Crippen LogP contribution in [-0.4, -0.2) is 29.0 Å². The summed E-state index contributed by atoms with van der Waals surface area (Å²) in [5, 5.41) is 0. The van der Waals surface area contributed by atoms with Gasteiger partial charge in [0.2, 0.25) is 0 Å². The minimum atomic E-state index is 0.174. The van der Waals surface area contributed by atoms with E-state index in [1.54, 1.807) is 0 Å². The summed E-state index contributed by atoms with van der Waals surface area (Å²) in [6.07, 6.45) is 5.42. The fourth-order valence-corrected chi connectivity index (χ4v) is 2.76. The minimum absolute atomic E-state index is 0.174. The molecule has 1 aliphatic rings. The topological polar surface area (TPSA) is 42.1 Å². The Hall–Kier alpha value is -0.930. The third kappa shape index (κ3) is 3.09. The van der Waals surface area contributed by atoms with Gasteiger partial charge in [-0.25, -0.2) is 0 Å². The van der Waals surface area contributed by atoms with E-state index in [0.717, 1.165) is 31.1 Å². The number of nitrogens with zero attached hydrogens (tertiary/aromatic N) is 2. The van der Waals surface area contributed by atoms with Gasteiger partial charge in [0.05, 0.1) is 11.7 Å². The van der Waals surface area contributed by atoms with Gasteiger partial charge in [-0.05, 0) is 50.4 Å². The zero-order valence-corrected chi connectivity index (χ0v) is 11.5. The summed E-state index contributed by atoms with van der Waals surface area (Å²) in [6.45, 7) is 6.80. The van der Waals surface area contributed by atoms with Crippen LogP contribution in [0.4, 0.5) is 0 Å². The first-order valence-electron chi connectivity index (χ1n) is 7.13. The van der Waals surface area contributed by atoms with E-state index in [1.165, 1.54) is 12.8 Å². The molecule has 0 saturated carbocycles. The molecule has 0 radical (unpaired) electrons. The van der Waals surface area contributed by atoms with Gasteiger partial charge in [-0.1, -0.05) is 19.9 Å². The molecule has 1 aromatic heterocycles. The smallest absolute Gasteiger partial charge is 0.0673 e. The molecule has 2 atom stereocenters. The molecule has 0 aliphatic carbocycles. The molecule has 2 unspecified atom stereocenters. The van der Waals surface area contributed by atoms with Crippen molar-refractivity contribution in [2.45, 2.75) is 45.2 Å². The quantitative estimate of drug-likeness (QED) is 0.889. The van der Waals surface area contributed by atoms with Crippen molar-refractivity contribution in [2.75, 3.05) is 13.1 Å². The molecule has 2 heterocycles. The average molecular weight is 247 g/mol. The molecule has 2 N–H and O–H groups in total. The van der Waals surface area contributed by atoms with Gasteiger partial charge in [0.1, 0.15) is 0 Å². The van der Waals surface area contributed by atoms with E-state index in [0.29, 0.717) is 0 Å². The number of piperidine rings is 1. The van der Waals surface area contributed by atoms with Gasteiger partial charge in [-0.15, -0.1) is 0 Å². The van der Waals surface area contributed by atoms with Crippen LogP contribution in [0.2, 0.25) is 0 Å². The fraction of sp³-hybridized carbons (Fsp3) is 0.667. The number of rotatable bonds is 4. The number of hydrogen-bond donors (Lipinski definition) is 1. The van der Waals surface area contributed by atoms with Crippen LogP contribution in [0.5, 0.6) is 0 Å². The molecule has 0 aromatic carbocycles. The van der Waals surface area contributed by atoms with E-state index in [9.17, 15) is 0 Å². The first kappa shape index (κ1) is 13.5. The van der Waals surface area contributed by atoms with Gasteiger partial charge in [0.25, 0.3) is 0 Å². The van der Waals surface area contributed by atoms with E-state index < -0.39 is 0 Å². The summed E-state index contributed by atoms with van der Waals surface area (Å²) < 4.78 is 0. The zero-order chi connectivity index (χ0) is 13.0. The summed E-state index contributed by atoms with van der Waals surface area (Å²) in [4.78, 5) is 7.04. The summed E-state index contributed by atoms with van der Waals surface area (Å²) in [6, 6.07) is 6.59. The predicted molar refractivity (Wildman–Crippen MR) is 75.2 cm³/mol. The molecule has 1 fully saturated rings. The monoisotopic (exact) mass is 247 g/mol. The summed E-state index contributed by atoms with van der Waals surface area (Å²) >= 11 is 0. The Morgan fingerprint density at radius 1 is 1.39 bits per heavy atom. The molecule has 1 saturated heterocycles. The number of nitrogens with two attached hydrogens (primary N) is 1. The van der Waals surface area contributed by atoms with Crippen molar-refractivity contribution in [3.8, 4) is 0 Å². The lowest BCUT2D eigenvalue weighted by Gasteiger charge is -2.39. The first-order chi connectivity index (χ1) is 8.72. The van der Waals surface area contributed by atoms with E-state index in [-0.39, 0.29) is 12.1 Å². The molecule has 3 heteroatoms. The molecule has 2 rings (SSSR count). The summed E-state index contributed by atoms with van der Waals surface area (Å²) in [7, 11) is 0. The number of hydrogen-bond acceptors (Lipinski definition) is 3. The molecule has 1 aromatic rings. The normalized spacial score (nSPS) is 21.7. The van der Waals surface area contributed by atoms with Gasteiger partial charge in [0.15, 0.2) is 0 Å². The Morgan fingerprint density at radius 2 is 2.11 bits per heavy atom. The van der Waals surface area contributed by atoms with Crippen LogP contribution in [0.3, 0.4) is 0 Å². The van der Waals surface area contributed by atoms with Crippen LogP contribution in [0.25, 0.3) is 0 Å². The Bertz CT molecular complexity index is 344. The Labute approximate surface area is 110 Å². The van der Waals surface area contributed by atoms with Crippen LogP contribution in [-0.2, 0) is 0 Å². The average Bonchev–Trinajstić information content (AvgIpc) is 2.42. The first-order valence-corrected chi connectivity index (χ1v) is 7.13. The van der Waals surface area contributed by atoms with E-state index in [4.69, 9.17) is 5.73 Å². The molecule has 0 amide bonds. The van der Waals surface area contributed by atoms with Gasteiger partial charge in [-0.3, -0.25) is 9.88 Å². The lowest BCUT2D eigenvalue weighted by Crippen LogP contribution is -2.44. The summed E-state index contributed by atoms with van der Waals surface area (Å²) in [5.41, 5.74) is 7.46. The van der Waals surface area contributed by atoms with Crippen molar-refractivity contribution in [1.82, 2.24) is 9.88 Å². The highest BCUT2D eigenvalue weighted by molar-refractivity contribution is 5.11. The molecule has 100 valence electrons. The van der Waals surface area contributed by atoms with Gasteiger partial charge >= 0.3 is 0 Å². The molecular formula is C15H25N3. The maximum Gasteiger partial charge on any atom is 0.0673 e. The highest BCUT2D eigenvalue weighted by Crippen LogP contribution is 2.28. The third-order valence-electron chi connectivity index (χ3n) is 4.08. The van der Waals surface area contributed by atoms with E-state index in [2.05, 4.69) is 35.9 Å². The van der Waals surface area contributed by atoms with Gasteiger partial charge in [0, 0.05) is 12.2 Å². The second-order valence-electron chi connectivity index (χ2n) is 5.49. The minimum Gasteiger partial charge on any atom is -0.326 e. The zero-order valence-electron chi connectivity index (χ0n) is 11.5. The highest BCUT2D eigenvalue weighted by Gasteiger charge is 2.29. The number of pyridine rings is 1. The van der Waals surface area contributed by atoms with Crippen LogP contribution in [0, 0.1) is 5.92 Å². The molecule has 1 aliphatic heterocycles. The van der Waals surface area contributed by atoms with Crippen molar-refractivity contribution >= 4 is 0 Å². The standard InChI is InChI=1S/C15H25N3/c1-3-13(16)15(14-6-4-5-9-17-14)18-10-7-12(2)8-11-18/h4-6,9,12-13,15H,3,7-8,10-11,16H2,1-2H3. The molecule has 18 heavy (non-hydrogen) atoms. The predicted octanol–water partition coefficient (Wildman–Crippen LogP) is 2.59. The fourth-order valence-electron chi connectivity index (χ4n) is 2.76. The highest BCUT2D eigenvalue weighted by atomic mass is 15.2. The summed E-state index contributed by atoms with van der Waals surface area (Å²) in [5.74, 6) is 0.850. The largest absolute Gasteiger partial charge is 0.326 e. The van der Waals surface area contributed by atoms with Crippen molar-refractivity contribution in [1.29, 1.82) is 0 Å². The second kappa shape index (κ2) is 6.30. The van der Waals surface area contributed by atoms with E-state index >= 15 is 0 Å². The molecule has 0 spiro atoms. The Balaban J connectivity index is 2.15. The molecule has 0 bridgehead atoms. The van der Waals surface area contributed by atoms with Crippen LogP contribution in [0.1, 0.15) is 44.8 Å². The second-order valence-corrected chi connectivity index (χ2v) is 5.49. The lowest BCUT2D eigenvalue weighted by atomic mass is 9.94.